The summed E-state index contributed by atoms with van der Waals surface area (Å²) in [7, 11) is 5.85. The van der Waals surface area contributed by atoms with E-state index in [0.717, 1.165) is 32.5 Å². The number of aromatic nitrogens is 2. The molecule has 0 saturated carbocycles. The normalized spacial score (nSPS) is 10.8. The molecule has 21 heavy (non-hydrogen) atoms. The van der Waals surface area contributed by atoms with Gasteiger partial charge in [0, 0.05) is 32.7 Å². The van der Waals surface area contributed by atoms with Crippen molar-refractivity contribution in [2.75, 3.05) is 46.1 Å². The first kappa shape index (κ1) is 17.4. The van der Waals surface area contributed by atoms with Gasteiger partial charge in [-0.1, -0.05) is 13.3 Å². The van der Waals surface area contributed by atoms with E-state index in [1.54, 1.807) is 17.9 Å². The number of unbranched alkanes of at least 4 members (excludes halogenated alkanes) is 1. The second-order valence-corrected chi connectivity index (χ2v) is 5.50. The van der Waals surface area contributed by atoms with Gasteiger partial charge in [0.1, 0.15) is 17.3 Å². The van der Waals surface area contributed by atoms with E-state index in [4.69, 9.17) is 0 Å². The minimum absolute atomic E-state index is 0.0513. The summed E-state index contributed by atoms with van der Waals surface area (Å²) in [5, 5.41) is 3.23. The minimum Gasteiger partial charge on any atom is -0.369 e. The Labute approximate surface area is 127 Å². The Hall–Kier alpha value is -1.69. The largest absolute Gasteiger partial charge is 0.369 e. The first-order valence-corrected chi connectivity index (χ1v) is 7.43. The molecule has 0 radical (unpaired) electrons. The number of aryl methyl sites for hydroxylation is 1. The molecule has 0 saturated heterocycles. The number of nitrogens with zero attached hydrogens (tertiary/aromatic N) is 4. The molecule has 0 atom stereocenters. The van der Waals surface area contributed by atoms with Crippen LogP contribution in [0, 0.1) is 6.92 Å². The molecular formula is C15H27N5O. The molecule has 0 unspecified atom stereocenters. The Morgan fingerprint density at radius 2 is 1.95 bits per heavy atom. The van der Waals surface area contributed by atoms with Gasteiger partial charge in [-0.3, -0.25) is 4.79 Å². The van der Waals surface area contributed by atoms with E-state index in [-0.39, 0.29) is 5.91 Å². The van der Waals surface area contributed by atoms with E-state index in [1.807, 2.05) is 21.1 Å². The third-order valence-electron chi connectivity index (χ3n) is 3.12. The van der Waals surface area contributed by atoms with Gasteiger partial charge in [0.2, 0.25) is 0 Å². The van der Waals surface area contributed by atoms with Gasteiger partial charge in [-0.2, -0.15) is 0 Å². The summed E-state index contributed by atoms with van der Waals surface area (Å²) >= 11 is 0. The molecule has 1 aromatic rings. The standard InChI is InChI=1S/C15H27N5O/c1-6-7-9-20(5)15(21)13-11-14(18-12(2)17-13)16-8-10-19(3)4/h11H,6-10H2,1-5H3,(H,16,17,18). The first-order valence-electron chi connectivity index (χ1n) is 7.43. The molecule has 0 spiro atoms. The molecule has 118 valence electrons. The molecule has 6 nitrogen and oxygen atoms in total. The Balaban J connectivity index is 2.74. The number of carbonyl (C=O) groups excluding carboxylic acids is 1. The van der Waals surface area contributed by atoms with Crippen molar-refractivity contribution in [1.82, 2.24) is 19.8 Å². The van der Waals surface area contributed by atoms with E-state index in [0.29, 0.717) is 17.3 Å². The average Bonchev–Trinajstić information content (AvgIpc) is 2.42. The van der Waals surface area contributed by atoms with Crippen LogP contribution in [0.5, 0.6) is 0 Å². The summed E-state index contributed by atoms with van der Waals surface area (Å²) in [5.41, 5.74) is 0.452. The lowest BCUT2D eigenvalue weighted by atomic mass is 10.3. The maximum absolute atomic E-state index is 12.3. The number of carbonyl (C=O) groups is 1. The van der Waals surface area contributed by atoms with Crippen molar-refractivity contribution in [1.29, 1.82) is 0 Å². The summed E-state index contributed by atoms with van der Waals surface area (Å²) < 4.78 is 0. The molecule has 1 aromatic heterocycles. The number of likely N-dealkylation sites (N-methyl/N-ethyl adjacent to an activating group) is 1. The van der Waals surface area contributed by atoms with Gasteiger partial charge < -0.3 is 15.1 Å². The fraction of sp³-hybridized carbons (Fsp3) is 0.667. The Bertz CT molecular complexity index is 461. The maximum Gasteiger partial charge on any atom is 0.272 e. The van der Waals surface area contributed by atoms with Crippen molar-refractivity contribution in [2.24, 2.45) is 0 Å². The lowest BCUT2D eigenvalue weighted by Gasteiger charge is -2.17. The number of amides is 1. The van der Waals surface area contributed by atoms with Crippen molar-refractivity contribution in [2.45, 2.75) is 26.7 Å². The highest BCUT2D eigenvalue weighted by Gasteiger charge is 2.14. The molecule has 0 aliphatic carbocycles. The summed E-state index contributed by atoms with van der Waals surface area (Å²) in [4.78, 5) is 24.7. The number of rotatable bonds is 8. The van der Waals surface area contributed by atoms with Crippen LogP contribution in [0.15, 0.2) is 6.07 Å². The highest BCUT2D eigenvalue weighted by Crippen LogP contribution is 2.09. The molecule has 0 aromatic carbocycles. The van der Waals surface area contributed by atoms with Crippen LogP contribution in [0.2, 0.25) is 0 Å². The molecule has 1 amide bonds. The van der Waals surface area contributed by atoms with Crippen LogP contribution in [-0.2, 0) is 0 Å². The molecule has 0 bridgehead atoms. The number of anilines is 1. The van der Waals surface area contributed by atoms with Crippen LogP contribution >= 0.6 is 0 Å². The third kappa shape index (κ3) is 6.08. The van der Waals surface area contributed by atoms with Gasteiger partial charge in [-0.05, 0) is 27.4 Å². The Kier molecular flexibility index (Phi) is 7.08. The zero-order valence-electron chi connectivity index (χ0n) is 13.8. The fourth-order valence-electron chi connectivity index (χ4n) is 1.87. The van der Waals surface area contributed by atoms with Crippen LogP contribution in [0.1, 0.15) is 36.1 Å². The van der Waals surface area contributed by atoms with Crippen molar-refractivity contribution in [3.63, 3.8) is 0 Å². The van der Waals surface area contributed by atoms with Crippen LogP contribution in [-0.4, -0.2) is 66.5 Å². The van der Waals surface area contributed by atoms with Gasteiger partial charge in [0.05, 0.1) is 0 Å². The van der Waals surface area contributed by atoms with Crippen molar-refractivity contribution in [3.8, 4) is 0 Å². The number of nitrogens with one attached hydrogen (secondary N) is 1. The second-order valence-electron chi connectivity index (χ2n) is 5.50. The summed E-state index contributed by atoms with van der Waals surface area (Å²) in [6, 6.07) is 1.73. The topological polar surface area (TPSA) is 61.4 Å². The van der Waals surface area contributed by atoms with E-state index in [2.05, 4.69) is 27.1 Å². The predicted octanol–water partition coefficient (Wildman–Crippen LogP) is 1.63. The molecule has 6 heteroatoms. The minimum atomic E-state index is -0.0513. The van der Waals surface area contributed by atoms with Crippen molar-refractivity contribution < 1.29 is 4.79 Å². The first-order chi connectivity index (χ1) is 9.93. The number of hydrogen-bond acceptors (Lipinski definition) is 5. The quantitative estimate of drug-likeness (QED) is 0.789. The van der Waals surface area contributed by atoms with Crippen molar-refractivity contribution >= 4 is 11.7 Å². The average molecular weight is 293 g/mol. The molecule has 1 rings (SSSR count). The zero-order chi connectivity index (χ0) is 15.8. The molecule has 1 N–H and O–H groups in total. The summed E-state index contributed by atoms with van der Waals surface area (Å²) in [6.07, 6.45) is 2.07. The van der Waals surface area contributed by atoms with E-state index >= 15 is 0 Å². The smallest absolute Gasteiger partial charge is 0.272 e. The Morgan fingerprint density at radius 3 is 2.57 bits per heavy atom. The molecule has 1 heterocycles. The van der Waals surface area contributed by atoms with Crippen molar-refractivity contribution in [3.05, 3.63) is 17.6 Å². The second kappa shape index (κ2) is 8.56. The van der Waals surface area contributed by atoms with Crippen LogP contribution in [0.3, 0.4) is 0 Å². The van der Waals surface area contributed by atoms with Crippen LogP contribution in [0.4, 0.5) is 5.82 Å². The van der Waals surface area contributed by atoms with Gasteiger partial charge in [-0.25, -0.2) is 9.97 Å². The lowest BCUT2D eigenvalue weighted by Crippen LogP contribution is -2.29. The Morgan fingerprint density at radius 1 is 1.24 bits per heavy atom. The van der Waals surface area contributed by atoms with E-state index in [9.17, 15) is 4.79 Å². The van der Waals surface area contributed by atoms with E-state index in [1.165, 1.54) is 0 Å². The van der Waals surface area contributed by atoms with Crippen LogP contribution in [0.25, 0.3) is 0 Å². The fourth-order valence-corrected chi connectivity index (χ4v) is 1.87. The molecule has 0 aliphatic rings. The van der Waals surface area contributed by atoms with E-state index < -0.39 is 0 Å². The lowest BCUT2D eigenvalue weighted by molar-refractivity contribution is 0.0787. The third-order valence-corrected chi connectivity index (χ3v) is 3.12. The van der Waals surface area contributed by atoms with Crippen LogP contribution < -0.4 is 5.32 Å². The summed E-state index contributed by atoms with van der Waals surface area (Å²) in [5.74, 6) is 1.26. The monoisotopic (exact) mass is 293 g/mol. The highest BCUT2D eigenvalue weighted by atomic mass is 16.2. The van der Waals surface area contributed by atoms with Gasteiger partial charge in [-0.15, -0.1) is 0 Å². The van der Waals surface area contributed by atoms with Gasteiger partial charge in [0.25, 0.3) is 5.91 Å². The molecular weight excluding hydrogens is 266 g/mol. The number of hydrogen-bond donors (Lipinski definition) is 1. The highest BCUT2D eigenvalue weighted by molar-refractivity contribution is 5.92. The SMILES string of the molecule is CCCCN(C)C(=O)c1cc(NCCN(C)C)nc(C)n1. The predicted molar refractivity (Wildman–Crippen MR) is 85.7 cm³/mol. The molecule has 0 fully saturated rings. The zero-order valence-corrected chi connectivity index (χ0v) is 13.8. The maximum atomic E-state index is 12.3. The van der Waals surface area contributed by atoms with Gasteiger partial charge in [0.15, 0.2) is 0 Å². The van der Waals surface area contributed by atoms with Gasteiger partial charge >= 0.3 is 0 Å². The molecule has 0 aliphatic heterocycles. The summed E-state index contributed by atoms with van der Waals surface area (Å²) in [6.45, 7) is 6.35.